The van der Waals surface area contributed by atoms with Gasteiger partial charge in [0.25, 0.3) is 0 Å². The van der Waals surface area contributed by atoms with Crippen molar-refractivity contribution in [2.24, 2.45) is 0 Å². The number of rotatable bonds is 6. The Morgan fingerprint density at radius 3 is 2.75 bits per heavy atom. The van der Waals surface area contributed by atoms with Crippen LogP contribution in [-0.2, 0) is 16.0 Å². The molecule has 4 nitrogen and oxygen atoms in total. The molecule has 0 atom stereocenters. The van der Waals surface area contributed by atoms with Gasteiger partial charge >= 0.3 is 5.97 Å². The van der Waals surface area contributed by atoms with Gasteiger partial charge in [-0.15, -0.1) is 11.3 Å². The Morgan fingerprint density at radius 1 is 1.50 bits per heavy atom. The second-order valence-corrected chi connectivity index (χ2v) is 4.41. The SMILES string of the molecule is CCN(CCC(=O)O)C(=O)Cc1cccs1. The van der Waals surface area contributed by atoms with Crippen LogP contribution in [0.4, 0.5) is 0 Å². The molecule has 1 N–H and O–H groups in total. The minimum absolute atomic E-state index is 0.00399. The molecule has 0 unspecified atom stereocenters. The highest BCUT2D eigenvalue weighted by Crippen LogP contribution is 2.10. The Bertz CT molecular complexity index is 348. The van der Waals surface area contributed by atoms with Gasteiger partial charge in [-0.25, -0.2) is 0 Å². The predicted octanol–water partition coefficient (Wildman–Crippen LogP) is 1.61. The number of hydrogen-bond acceptors (Lipinski definition) is 3. The number of hydrogen-bond donors (Lipinski definition) is 1. The lowest BCUT2D eigenvalue weighted by Crippen LogP contribution is -2.33. The standard InChI is InChI=1S/C11H15NO3S/c1-2-12(6-5-11(14)15)10(13)8-9-4-3-7-16-9/h3-4,7H,2,5-6,8H2,1H3,(H,14,15). The third-order valence-corrected chi connectivity index (χ3v) is 3.11. The van der Waals surface area contributed by atoms with Crippen LogP contribution in [-0.4, -0.2) is 35.0 Å². The summed E-state index contributed by atoms with van der Waals surface area (Å²) in [5.41, 5.74) is 0. The second kappa shape index (κ2) is 6.27. The molecule has 1 aromatic rings. The minimum Gasteiger partial charge on any atom is -0.481 e. The molecule has 88 valence electrons. The van der Waals surface area contributed by atoms with Crippen molar-refractivity contribution in [2.45, 2.75) is 19.8 Å². The zero-order valence-electron chi connectivity index (χ0n) is 9.18. The van der Waals surface area contributed by atoms with Gasteiger partial charge in [-0.05, 0) is 18.4 Å². The molecule has 5 heteroatoms. The van der Waals surface area contributed by atoms with Crippen LogP contribution in [0.5, 0.6) is 0 Å². The molecule has 0 aliphatic rings. The topological polar surface area (TPSA) is 57.6 Å². The summed E-state index contributed by atoms with van der Waals surface area (Å²) in [6.45, 7) is 2.70. The van der Waals surface area contributed by atoms with Crippen LogP contribution in [0, 0.1) is 0 Å². The maximum atomic E-state index is 11.8. The summed E-state index contributed by atoms with van der Waals surface area (Å²) >= 11 is 1.54. The predicted molar refractivity (Wildman–Crippen MR) is 62.5 cm³/mol. The molecular formula is C11H15NO3S. The first-order valence-corrected chi connectivity index (χ1v) is 6.03. The number of aliphatic carboxylic acids is 1. The van der Waals surface area contributed by atoms with Gasteiger partial charge in [-0.3, -0.25) is 9.59 Å². The fourth-order valence-electron chi connectivity index (χ4n) is 1.36. The van der Waals surface area contributed by atoms with Gasteiger partial charge in [0, 0.05) is 18.0 Å². The van der Waals surface area contributed by atoms with E-state index in [1.807, 2.05) is 24.4 Å². The van der Waals surface area contributed by atoms with Gasteiger partial charge in [0.05, 0.1) is 12.8 Å². The van der Waals surface area contributed by atoms with Crippen LogP contribution in [0.15, 0.2) is 17.5 Å². The van der Waals surface area contributed by atoms with Crippen molar-refractivity contribution in [1.29, 1.82) is 0 Å². The molecule has 0 aliphatic carbocycles. The first-order valence-electron chi connectivity index (χ1n) is 5.15. The molecule has 0 aliphatic heterocycles. The smallest absolute Gasteiger partial charge is 0.305 e. The maximum absolute atomic E-state index is 11.8. The number of thiophene rings is 1. The number of carbonyl (C=O) groups excluding carboxylic acids is 1. The van der Waals surface area contributed by atoms with Crippen LogP contribution in [0.3, 0.4) is 0 Å². The molecule has 16 heavy (non-hydrogen) atoms. The highest BCUT2D eigenvalue weighted by Gasteiger charge is 2.13. The van der Waals surface area contributed by atoms with E-state index in [2.05, 4.69) is 0 Å². The van der Waals surface area contributed by atoms with Gasteiger partial charge in [0.2, 0.25) is 5.91 Å². The normalized spacial score (nSPS) is 10.1. The number of nitrogens with zero attached hydrogens (tertiary/aromatic N) is 1. The van der Waals surface area contributed by atoms with Gasteiger partial charge < -0.3 is 10.0 Å². The quantitative estimate of drug-likeness (QED) is 0.823. The third-order valence-electron chi connectivity index (χ3n) is 2.24. The molecule has 1 rings (SSSR count). The largest absolute Gasteiger partial charge is 0.481 e. The molecule has 0 spiro atoms. The average Bonchev–Trinajstić information content (AvgIpc) is 2.71. The Labute approximate surface area is 98.5 Å². The van der Waals surface area contributed by atoms with Gasteiger partial charge in [-0.2, -0.15) is 0 Å². The zero-order valence-corrected chi connectivity index (χ0v) is 10.00. The van der Waals surface area contributed by atoms with Crippen molar-refractivity contribution in [1.82, 2.24) is 4.90 Å². The minimum atomic E-state index is -0.873. The molecule has 1 aromatic heterocycles. The van der Waals surface area contributed by atoms with E-state index in [9.17, 15) is 9.59 Å². The fraction of sp³-hybridized carbons (Fsp3) is 0.455. The molecule has 0 bridgehead atoms. The highest BCUT2D eigenvalue weighted by molar-refractivity contribution is 7.10. The highest BCUT2D eigenvalue weighted by atomic mass is 32.1. The Hall–Kier alpha value is -1.36. The van der Waals surface area contributed by atoms with Crippen molar-refractivity contribution in [3.8, 4) is 0 Å². The lowest BCUT2D eigenvalue weighted by atomic mass is 10.3. The van der Waals surface area contributed by atoms with Crippen molar-refractivity contribution in [2.75, 3.05) is 13.1 Å². The maximum Gasteiger partial charge on any atom is 0.305 e. The van der Waals surface area contributed by atoms with Gasteiger partial charge in [0.1, 0.15) is 0 Å². The molecule has 0 radical (unpaired) electrons. The number of carboxylic acids is 1. The number of carbonyl (C=O) groups is 2. The van der Waals surface area contributed by atoms with E-state index in [4.69, 9.17) is 5.11 Å². The Morgan fingerprint density at radius 2 is 2.25 bits per heavy atom. The van der Waals surface area contributed by atoms with Crippen LogP contribution >= 0.6 is 11.3 Å². The van der Waals surface area contributed by atoms with E-state index in [1.54, 1.807) is 4.90 Å². The first-order chi connectivity index (χ1) is 7.63. The van der Waals surface area contributed by atoms with E-state index in [1.165, 1.54) is 11.3 Å². The van der Waals surface area contributed by atoms with Crippen molar-refractivity contribution >= 4 is 23.2 Å². The summed E-state index contributed by atoms with van der Waals surface area (Å²) in [6.07, 6.45) is 0.370. The average molecular weight is 241 g/mol. The van der Waals surface area contributed by atoms with E-state index in [-0.39, 0.29) is 18.9 Å². The molecule has 0 saturated heterocycles. The lowest BCUT2D eigenvalue weighted by Gasteiger charge is -2.19. The van der Waals surface area contributed by atoms with Crippen LogP contribution < -0.4 is 0 Å². The zero-order chi connectivity index (χ0) is 12.0. The van der Waals surface area contributed by atoms with Crippen LogP contribution in [0.1, 0.15) is 18.2 Å². The molecule has 1 amide bonds. The Balaban J connectivity index is 2.46. The monoisotopic (exact) mass is 241 g/mol. The van der Waals surface area contributed by atoms with Crippen molar-refractivity contribution in [3.05, 3.63) is 22.4 Å². The molecule has 0 fully saturated rings. The van der Waals surface area contributed by atoms with E-state index in [0.29, 0.717) is 13.0 Å². The Kier molecular flexibility index (Phi) is 4.98. The van der Waals surface area contributed by atoms with Gasteiger partial charge in [-0.1, -0.05) is 6.07 Å². The number of amides is 1. The van der Waals surface area contributed by atoms with Crippen LogP contribution in [0.2, 0.25) is 0 Å². The fourth-order valence-corrected chi connectivity index (χ4v) is 2.06. The summed E-state index contributed by atoms with van der Waals surface area (Å²) in [5.74, 6) is -0.881. The van der Waals surface area contributed by atoms with Gasteiger partial charge in [0.15, 0.2) is 0 Å². The summed E-state index contributed by atoms with van der Waals surface area (Å²) in [5, 5.41) is 10.5. The number of likely N-dealkylation sites (N-methyl/N-ethyl adjacent to an activating group) is 1. The van der Waals surface area contributed by atoms with Crippen molar-refractivity contribution in [3.63, 3.8) is 0 Å². The molecule has 0 saturated carbocycles. The molecule has 1 heterocycles. The number of carboxylic acid groups (broad SMARTS) is 1. The molecule has 0 aromatic carbocycles. The summed E-state index contributed by atoms with van der Waals surface area (Å²) in [4.78, 5) is 24.8. The third kappa shape index (κ3) is 4.02. The van der Waals surface area contributed by atoms with Crippen molar-refractivity contribution < 1.29 is 14.7 Å². The molecular weight excluding hydrogens is 226 g/mol. The van der Waals surface area contributed by atoms with E-state index >= 15 is 0 Å². The van der Waals surface area contributed by atoms with Crippen LogP contribution in [0.25, 0.3) is 0 Å². The first kappa shape index (κ1) is 12.7. The second-order valence-electron chi connectivity index (χ2n) is 3.37. The summed E-state index contributed by atoms with van der Waals surface area (Å²) in [6, 6.07) is 3.81. The summed E-state index contributed by atoms with van der Waals surface area (Å²) in [7, 11) is 0. The lowest BCUT2D eigenvalue weighted by molar-refractivity contribution is -0.138. The van der Waals surface area contributed by atoms with E-state index < -0.39 is 5.97 Å². The van der Waals surface area contributed by atoms with E-state index in [0.717, 1.165) is 4.88 Å². The summed E-state index contributed by atoms with van der Waals surface area (Å²) < 4.78 is 0.